The van der Waals surface area contributed by atoms with Crippen molar-refractivity contribution < 1.29 is 19.1 Å². The second kappa shape index (κ2) is 7.95. The number of nitrogens with zero attached hydrogens (tertiary/aromatic N) is 1. The molecule has 4 rings (SSSR count). The van der Waals surface area contributed by atoms with Crippen LogP contribution in [0.4, 0.5) is 9.18 Å². The zero-order valence-electron chi connectivity index (χ0n) is 15.8. The summed E-state index contributed by atoms with van der Waals surface area (Å²) in [5.41, 5.74) is 3.10. The maximum atomic E-state index is 13.6. The average Bonchev–Trinajstić information content (AvgIpc) is 3.15. The van der Waals surface area contributed by atoms with E-state index in [0.29, 0.717) is 19.6 Å². The standard InChI is InChI=1S/C22H22FN3O3/c23-17-5-6-20-18(11-17)19(13-24-20)15-7-9-26(10-8-15)22(29)25-12-14-1-3-16(4-2-14)21(27)28/h1-6,11,13,15,24H,7-10,12H2,(H,25,29)(H,27,28). The Morgan fingerprint density at radius 1 is 1.14 bits per heavy atom. The largest absolute Gasteiger partial charge is 0.478 e. The normalized spacial score (nSPS) is 14.9. The van der Waals surface area contributed by atoms with Gasteiger partial charge in [0.25, 0.3) is 0 Å². The van der Waals surface area contributed by atoms with Crippen molar-refractivity contribution in [2.24, 2.45) is 0 Å². The Morgan fingerprint density at radius 3 is 2.55 bits per heavy atom. The van der Waals surface area contributed by atoms with Crippen LogP contribution in [0, 0.1) is 5.82 Å². The van der Waals surface area contributed by atoms with E-state index >= 15 is 0 Å². The Morgan fingerprint density at radius 2 is 1.86 bits per heavy atom. The highest BCUT2D eigenvalue weighted by Gasteiger charge is 2.25. The number of hydrogen-bond acceptors (Lipinski definition) is 2. The number of carboxylic acids is 1. The minimum atomic E-state index is -0.971. The van der Waals surface area contributed by atoms with Crippen molar-refractivity contribution in [1.29, 1.82) is 0 Å². The minimum Gasteiger partial charge on any atom is -0.478 e. The molecule has 0 bridgehead atoms. The summed E-state index contributed by atoms with van der Waals surface area (Å²) in [5, 5.41) is 12.7. The molecule has 2 amide bonds. The van der Waals surface area contributed by atoms with E-state index in [9.17, 15) is 14.0 Å². The van der Waals surface area contributed by atoms with Crippen LogP contribution in [0.5, 0.6) is 0 Å². The lowest BCUT2D eigenvalue weighted by molar-refractivity contribution is 0.0697. The lowest BCUT2D eigenvalue weighted by Gasteiger charge is -2.32. The summed E-state index contributed by atoms with van der Waals surface area (Å²) >= 11 is 0. The van der Waals surface area contributed by atoms with Gasteiger partial charge in [-0.1, -0.05) is 12.1 Å². The Kier molecular flexibility index (Phi) is 5.20. The molecule has 29 heavy (non-hydrogen) atoms. The summed E-state index contributed by atoms with van der Waals surface area (Å²) in [6.07, 6.45) is 3.60. The maximum absolute atomic E-state index is 13.6. The molecule has 0 spiro atoms. The fourth-order valence-corrected chi connectivity index (χ4v) is 3.90. The van der Waals surface area contributed by atoms with Gasteiger partial charge in [0, 0.05) is 36.7 Å². The SMILES string of the molecule is O=C(O)c1ccc(CNC(=O)N2CCC(c3c[nH]c4ccc(F)cc34)CC2)cc1. The number of urea groups is 1. The lowest BCUT2D eigenvalue weighted by Crippen LogP contribution is -2.43. The van der Waals surface area contributed by atoms with Crippen molar-refractivity contribution in [2.45, 2.75) is 25.3 Å². The molecule has 1 fully saturated rings. The predicted molar refractivity (Wildman–Crippen MR) is 107 cm³/mol. The second-order valence-electron chi connectivity index (χ2n) is 7.36. The molecule has 1 saturated heterocycles. The first-order valence-corrected chi connectivity index (χ1v) is 9.63. The Balaban J connectivity index is 1.32. The molecule has 6 nitrogen and oxygen atoms in total. The number of halogens is 1. The third-order valence-corrected chi connectivity index (χ3v) is 5.54. The Bertz CT molecular complexity index is 1040. The van der Waals surface area contributed by atoms with Gasteiger partial charge < -0.3 is 20.3 Å². The molecule has 150 valence electrons. The molecule has 1 aromatic heterocycles. The quantitative estimate of drug-likeness (QED) is 0.622. The third kappa shape index (κ3) is 4.08. The number of fused-ring (bicyclic) bond motifs is 1. The van der Waals surface area contributed by atoms with E-state index in [-0.39, 0.29) is 23.3 Å². The van der Waals surface area contributed by atoms with Crippen molar-refractivity contribution in [2.75, 3.05) is 13.1 Å². The number of hydrogen-bond donors (Lipinski definition) is 3. The number of piperidine rings is 1. The van der Waals surface area contributed by atoms with Crippen LogP contribution in [-0.2, 0) is 6.54 Å². The van der Waals surface area contributed by atoms with Gasteiger partial charge in [-0.15, -0.1) is 0 Å². The fourth-order valence-electron chi connectivity index (χ4n) is 3.90. The summed E-state index contributed by atoms with van der Waals surface area (Å²) in [6, 6.07) is 11.1. The minimum absolute atomic E-state index is 0.129. The third-order valence-electron chi connectivity index (χ3n) is 5.54. The molecule has 0 radical (unpaired) electrons. The van der Waals surface area contributed by atoms with Crippen molar-refractivity contribution in [3.63, 3.8) is 0 Å². The van der Waals surface area contributed by atoms with E-state index in [0.717, 1.165) is 34.9 Å². The molecular weight excluding hydrogens is 373 g/mol. The van der Waals surface area contributed by atoms with Gasteiger partial charge in [-0.2, -0.15) is 0 Å². The highest BCUT2D eigenvalue weighted by Crippen LogP contribution is 2.33. The van der Waals surface area contributed by atoms with E-state index < -0.39 is 5.97 Å². The highest BCUT2D eigenvalue weighted by molar-refractivity contribution is 5.87. The predicted octanol–water partition coefficient (Wildman–Crippen LogP) is 4.09. The first-order valence-electron chi connectivity index (χ1n) is 9.63. The fraction of sp³-hybridized carbons (Fsp3) is 0.273. The number of rotatable bonds is 4. The number of aromatic nitrogens is 1. The van der Waals surface area contributed by atoms with Gasteiger partial charge in [0.15, 0.2) is 0 Å². The number of amides is 2. The summed E-state index contributed by atoms with van der Waals surface area (Å²) in [5.74, 6) is -0.925. The number of nitrogens with one attached hydrogen (secondary N) is 2. The van der Waals surface area contributed by atoms with Gasteiger partial charge in [-0.05, 0) is 60.2 Å². The first kappa shape index (κ1) is 19.0. The van der Waals surface area contributed by atoms with Gasteiger partial charge in [0.2, 0.25) is 0 Å². The first-order chi connectivity index (χ1) is 14.0. The number of benzene rings is 2. The van der Waals surface area contributed by atoms with E-state index in [2.05, 4.69) is 10.3 Å². The molecule has 2 heterocycles. The van der Waals surface area contributed by atoms with Crippen LogP contribution in [-0.4, -0.2) is 40.1 Å². The molecule has 0 unspecified atom stereocenters. The number of likely N-dealkylation sites (tertiary alicyclic amines) is 1. The van der Waals surface area contributed by atoms with Gasteiger partial charge in [-0.3, -0.25) is 0 Å². The molecule has 1 aliphatic rings. The molecule has 2 aromatic carbocycles. The molecular formula is C22H22FN3O3. The number of carbonyl (C=O) groups is 2. The number of H-pyrrole nitrogens is 1. The van der Waals surface area contributed by atoms with E-state index in [1.165, 1.54) is 18.2 Å². The second-order valence-corrected chi connectivity index (χ2v) is 7.36. The van der Waals surface area contributed by atoms with E-state index in [1.54, 1.807) is 29.2 Å². The Hall–Kier alpha value is -3.35. The molecule has 0 aliphatic carbocycles. The van der Waals surface area contributed by atoms with Gasteiger partial charge in [0.05, 0.1) is 5.56 Å². The average molecular weight is 395 g/mol. The highest BCUT2D eigenvalue weighted by atomic mass is 19.1. The smallest absolute Gasteiger partial charge is 0.335 e. The van der Waals surface area contributed by atoms with Crippen LogP contribution in [0.1, 0.15) is 40.2 Å². The Labute approximate surface area is 167 Å². The van der Waals surface area contributed by atoms with E-state index in [1.807, 2.05) is 6.20 Å². The topological polar surface area (TPSA) is 85.4 Å². The van der Waals surface area contributed by atoms with Gasteiger partial charge in [0.1, 0.15) is 5.82 Å². The van der Waals surface area contributed by atoms with Crippen LogP contribution in [0.2, 0.25) is 0 Å². The van der Waals surface area contributed by atoms with Crippen LogP contribution < -0.4 is 5.32 Å². The summed E-state index contributed by atoms with van der Waals surface area (Å²) in [4.78, 5) is 28.3. The zero-order valence-corrected chi connectivity index (χ0v) is 15.8. The summed E-state index contributed by atoms with van der Waals surface area (Å²) in [6.45, 7) is 1.62. The molecule has 7 heteroatoms. The monoisotopic (exact) mass is 395 g/mol. The number of aromatic carboxylic acids is 1. The summed E-state index contributed by atoms with van der Waals surface area (Å²) < 4.78 is 13.6. The van der Waals surface area contributed by atoms with Gasteiger partial charge >= 0.3 is 12.0 Å². The molecule has 3 N–H and O–H groups in total. The molecule has 0 saturated carbocycles. The molecule has 0 atom stereocenters. The van der Waals surface area contributed by atoms with Crippen molar-refractivity contribution in [3.05, 3.63) is 71.2 Å². The molecule has 3 aromatic rings. The zero-order chi connectivity index (χ0) is 20.4. The number of carboxylic acid groups (broad SMARTS) is 1. The van der Waals surface area contributed by atoms with Crippen LogP contribution in [0.15, 0.2) is 48.7 Å². The van der Waals surface area contributed by atoms with Crippen LogP contribution in [0.25, 0.3) is 10.9 Å². The summed E-state index contributed by atoms with van der Waals surface area (Å²) in [7, 11) is 0. The number of aromatic amines is 1. The maximum Gasteiger partial charge on any atom is 0.335 e. The van der Waals surface area contributed by atoms with E-state index in [4.69, 9.17) is 5.11 Å². The van der Waals surface area contributed by atoms with Crippen molar-refractivity contribution in [1.82, 2.24) is 15.2 Å². The van der Waals surface area contributed by atoms with Crippen molar-refractivity contribution >= 4 is 22.9 Å². The van der Waals surface area contributed by atoms with Gasteiger partial charge in [-0.25, -0.2) is 14.0 Å². The van der Waals surface area contributed by atoms with Crippen LogP contribution >= 0.6 is 0 Å². The lowest BCUT2D eigenvalue weighted by atomic mass is 9.89. The molecule has 1 aliphatic heterocycles. The van der Waals surface area contributed by atoms with Crippen LogP contribution in [0.3, 0.4) is 0 Å². The van der Waals surface area contributed by atoms with Crippen molar-refractivity contribution in [3.8, 4) is 0 Å². The number of carbonyl (C=O) groups excluding carboxylic acids is 1.